The number of nitrogens with zero attached hydrogens (tertiary/aromatic N) is 2. The third-order valence-corrected chi connectivity index (χ3v) is 6.32. The van der Waals surface area contributed by atoms with Crippen molar-refractivity contribution in [3.63, 3.8) is 0 Å². The van der Waals surface area contributed by atoms with Gasteiger partial charge in [-0.05, 0) is 56.0 Å². The molecule has 0 radical (unpaired) electrons. The van der Waals surface area contributed by atoms with Gasteiger partial charge in [0.15, 0.2) is 0 Å². The number of ether oxygens (including phenoxy) is 1. The summed E-state index contributed by atoms with van der Waals surface area (Å²) in [4.78, 5) is 52.5. The zero-order valence-corrected chi connectivity index (χ0v) is 19.9. The maximum atomic E-state index is 13.0. The highest BCUT2D eigenvalue weighted by Crippen LogP contribution is 2.40. The van der Waals surface area contributed by atoms with E-state index in [4.69, 9.17) is 4.74 Å². The maximum Gasteiger partial charge on any atom is 0.410 e. The van der Waals surface area contributed by atoms with Gasteiger partial charge in [0.05, 0.1) is 0 Å². The molecular weight excluding hydrogens is 422 g/mol. The predicted octanol–water partition coefficient (Wildman–Crippen LogP) is 3.11. The molecule has 0 bridgehead atoms. The molecule has 3 heterocycles. The molecule has 0 aromatic heterocycles. The first-order chi connectivity index (χ1) is 15.4. The lowest BCUT2D eigenvalue weighted by atomic mass is 9.77. The van der Waals surface area contributed by atoms with Gasteiger partial charge in [0.1, 0.15) is 11.6 Å². The fraction of sp³-hybridized carbons (Fsp3) is 0.520. The number of benzene rings is 1. The molecule has 8 heteroatoms. The molecule has 176 valence electrons. The molecule has 1 saturated heterocycles. The molecule has 0 saturated carbocycles. The third kappa shape index (κ3) is 4.51. The minimum atomic E-state index is -0.626. The van der Waals surface area contributed by atoms with Crippen molar-refractivity contribution in [2.45, 2.75) is 65.6 Å². The van der Waals surface area contributed by atoms with Gasteiger partial charge >= 0.3 is 6.09 Å². The van der Waals surface area contributed by atoms with Crippen LogP contribution in [0.1, 0.15) is 68.9 Å². The van der Waals surface area contributed by atoms with Crippen LogP contribution in [0.4, 0.5) is 4.79 Å². The molecule has 1 aromatic carbocycles. The fourth-order valence-electron chi connectivity index (χ4n) is 4.82. The second-order valence-corrected chi connectivity index (χ2v) is 10.6. The van der Waals surface area contributed by atoms with Crippen molar-refractivity contribution in [1.29, 1.82) is 0 Å². The Morgan fingerprint density at radius 3 is 2.55 bits per heavy atom. The Hall–Kier alpha value is -3.16. The highest BCUT2D eigenvalue weighted by molar-refractivity contribution is 6.05. The molecule has 4 rings (SSSR count). The first-order valence-electron chi connectivity index (χ1n) is 11.3. The van der Waals surface area contributed by atoms with Crippen LogP contribution in [0.2, 0.25) is 0 Å². The van der Waals surface area contributed by atoms with Gasteiger partial charge in [-0.25, -0.2) is 4.79 Å². The Morgan fingerprint density at radius 2 is 1.91 bits per heavy atom. The third-order valence-electron chi connectivity index (χ3n) is 6.32. The molecule has 4 amide bonds. The predicted molar refractivity (Wildman–Crippen MR) is 122 cm³/mol. The van der Waals surface area contributed by atoms with E-state index in [1.54, 1.807) is 9.80 Å². The highest BCUT2D eigenvalue weighted by Gasteiger charge is 2.40. The van der Waals surface area contributed by atoms with Crippen LogP contribution in [-0.2, 0) is 20.9 Å². The fourth-order valence-corrected chi connectivity index (χ4v) is 4.82. The average Bonchev–Trinajstić information content (AvgIpc) is 3.01. The summed E-state index contributed by atoms with van der Waals surface area (Å²) in [5, 5.41) is 2.33. The molecule has 1 unspecified atom stereocenters. The lowest BCUT2D eigenvalue weighted by Gasteiger charge is -2.39. The lowest BCUT2D eigenvalue weighted by Crippen LogP contribution is -2.52. The van der Waals surface area contributed by atoms with Gasteiger partial charge in [0.2, 0.25) is 11.8 Å². The largest absolute Gasteiger partial charge is 0.444 e. The van der Waals surface area contributed by atoms with E-state index in [0.717, 1.165) is 16.7 Å². The monoisotopic (exact) mass is 453 g/mol. The smallest absolute Gasteiger partial charge is 0.410 e. The second kappa shape index (κ2) is 8.01. The van der Waals surface area contributed by atoms with E-state index >= 15 is 0 Å². The molecule has 0 aliphatic carbocycles. The number of carbonyl (C=O) groups is 4. The van der Waals surface area contributed by atoms with Crippen LogP contribution in [0.25, 0.3) is 5.57 Å². The van der Waals surface area contributed by atoms with E-state index in [0.29, 0.717) is 31.6 Å². The zero-order valence-electron chi connectivity index (χ0n) is 19.9. The van der Waals surface area contributed by atoms with E-state index in [2.05, 4.69) is 19.2 Å². The van der Waals surface area contributed by atoms with Crippen LogP contribution in [0, 0.1) is 5.41 Å². The van der Waals surface area contributed by atoms with Gasteiger partial charge in [-0.1, -0.05) is 26.0 Å². The van der Waals surface area contributed by atoms with Crippen molar-refractivity contribution in [2.24, 2.45) is 5.41 Å². The number of hydrogen-bond acceptors (Lipinski definition) is 5. The number of imide groups is 1. The summed E-state index contributed by atoms with van der Waals surface area (Å²) in [5.41, 5.74) is 2.71. The number of nitrogens with one attached hydrogen (secondary N) is 1. The Labute approximate surface area is 193 Å². The minimum absolute atomic E-state index is 0.181. The summed E-state index contributed by atoms with van der Waals surface area (Å²) in [6.07, 6.45) is 2.29. The van der Waals surface area contributed by atoms with Gasteiger partial charge in [0, 0.05) is 37.0 Å². The molecular formula is C25H31N3O5. The summed E-state index contributed by atoms with van der Waals surface area (Å²) in [5.74, 6) is -0.889. The van der Waals surface area contributed by atoms with Crippen LogP contribution in [0.15, 0.2) is 24.3 Å². The Balaban J connectivity index is 1.54. The molecule has 1 aromatic rings. The molecule has 1 N–H and O–H groups in total. The topological polar surface area (TPSA) is 96.0 Å². The van der Waals surface area contributed by atoms with Crippen LogP contribution in [0.5, 0.6) is 0 Å². The average molecular weight is 454 g/mol. The van der Waals surface area contributed by atoms with E-state index in [9.17, 15) is 19.2 Å². The minimum Gasteiger partial charge on any atom is -0.444 e. The van der Waals surface area contributed by atoms with Gasteiger partial charge in [0.25, 0.3) is 5.91 Å². The van der Waals surface area contributed by atoms with Gasteiger partial charge in [-0.3, -0.25) is 19.7 Å². The normalized spacial score (nSPS) is 22.6. The van der Waals surface area contributed by atoms with Crippen molar-refractivity contribution < 1.29 is 23.9 Å². The first-order valence-corrected chi connectivity index (χ1v) is 11.3. The highest BCUT2D eigenvalue weighted by atomic mass is 16.6. The molecule has 0 spiro atoms. The van der Waals surface area contributed by atoms with Crippen molar-refractivity contribution >= 4 is 29.4 Å². The lowest BCUT2D eigenvalue weighted by molar-refractivity contribution is -0.136. The molecule has 1 fully saturated rings. The number of hydrogen-bond donors (Lipinski definition) is 1. The molecule has 1 atom stereocenters. The van der Waals surface area contributed by atoms with E-state index in [-0.39, 0.29) is 29.7 Å². The summed E-state index contributed by atoms with van der Waals surface area (Å²) >= 11 is 0. The van der Waals surface area contributed by atoms with Crippen LogP contribution >= 0.6 is 0 Å². The number of carbonyl (C=O) groups excluding carboxylic acids is 4. The van der Waals surface area contributed by atoms with Crippen molar-refractivity contribution in [2.75, 3.05) is 13.1 Å². The molecule has 33 heavy (non-hydrogen) atoms. The number of amides is 4. The molecule has 3 aliphatic heterocycles. The summed E-state index contributed by atoms with van der Waals surface area (Å²) in [6.45, 7) is 11.0. The quantitative estimate of drug-likeness (QED) is 0.694. The van der Waals surface area contributed by atoms with E-state index in [1.165, 1.54) is 0 Å². The van der Waals surface area contributed by atoms with Crippen molar-refractivity contribution in [1.82, 2.24) is 15.1 Å². The van der Waals surface area contributed by atoms with Crippen molar-refractivity contribution in [3.8, 4) is 0 Å². The van der Waals surface area contributed by atoms with Crippen molar-refractivity contribution in [3.05, 3.63) is 41.0 Å². The number of fused-ring (bicyclic) bond motifs is 1. The summed E-state index contributed by atoms with van der Waals surface area (Å²) in [7, 11) is 0. The summed E-state index contributed by atoms with van der Waals surface area (Å²) < 4.78 is 5.53. The van der Waals surface area contributed by atoms with Crippen LogP contribution in [0.3, 0.4) is 0 Å². The Kier molecular flexibility index (Phi) is 5.58. The molecule has 3 aliphatic rings. The van der Waals surface area contributed by atoms with Gasteiger partial charge in [-0.2, -0.15) is 0 Å². The van der Waals surface area contributed by atoms with E-state index < -0.39 is 17.6 Å². The number of rotatable bonds is 2. The first kappa shape index (κ1) is 23.0. The SMILES string of the molecule is CC(C)(C)OC(=O)N1CC=C(c2ccc3c(c2)CN(C2CCC(=O)NC2=O)C3=O)C(C)(C)C1. The standard InChI is InChI=1S/C25H31N3O5/c1-24(2,3)33-23(32)27-11-10-18(25(4,5)14-27)15-6-7-17-16(12-15)13-28(22(17)31)19-8-9-20(29)26-21(19)30/h6-7,10,12,19H,8-9,11,13-14H2,1-5H3,(H,26,29,30). The van der Waals surface area contributed by atoms with Gasteiger partial charge in [-0.15, -0.1) is 0 Å². The zero-order chi connectivity index (χ0) is 24.1. The maximum absolute atomic E-state index is 13.0. The van der Waals surface area contributed by atoms with Gasteiger partial charge < -0.3 is 14.5 Å². The Bertz CT molecular complexity index is 1070. The summed E-state index contributed by atoms with van der Waals surface area (Å²) in [6, 6.07) is 5.13. The molecule has 8 nitrogen and oxygen atoms in total. The van der Waals surface area contributed by atoms with E-state index in [1.807, 2.05) is 45.0 Å². The Morgan fingerprint density at radius 1 is 1.18 bits per heavy atom. The van der Waals surface area contributed by atoms with Crippen LogP contribution < -0.4 is 5.32 Å². The van der Waals surface area contributed by atoms with Crippen LogP contribution in [-0.4, -0.2) is 58.3 Å². The number of piperidine rings is 1. The second-order valence-electron chi connectivity index (χ2n) is 10.6.